The summed E-state index contributed by atoms with van der Waals surface area (Å²) in [6, 6.07) is 11.7. The van der Waals surface area contributed by atoms with Crippen molar-refractivity contribution in [2.75, 3.05) is 0 Å². The van der Waals surface area contributed by atoms with Crippen molar-refractivity contribution in [1.29, 1.82) is 0 Å². The molecule has 1 aliphatic carbocycles. The predicted molar refractivity (Wildman–Crippen MR) is 138 cm³/mol. The first-order valence-corrected chi connectivity index (χ1v) is 12.5. The van der Waals surface area contributed by atoms with Gasteiger partial charge in [0.15, 0.2) is 0 Å². The van der Waals surface area contributed by atoms with E-state index in [4.69, 9.17) is 4.74 Å². The minimum absolute atomic E-state index is 0.0560. The van der Waals surface area contributed by atoms with E-state index in [9.17, 15) is 4.79 Å². The molecular formula is C29H44N2O2. The molecule has 1 heterocycles. The summed E-state index contributed by atoms with van der Waals surface area (Å²) in [6.07, 6.45) is 5.94. The number of rotatable bonds is 8. The second kappa shape index (κ2) is 10.7. The highest BCUT2D eigenvalue weighted by Crippen LogP contribution is 2.45. The molecule has 1 amide bonds. The van der Waals surface area contributed by atoms with Crippen LogP contribution in [0.3, 0.4) is 0 Å². The van der Waals surface area contributed by atoms with Gasteiger partial charge in [0.05, 0.1) is 11.2 Å². The Labute approximate surface area is 201 Å². The summed E-state index contributed by atoms with van der Waals surface area (Å²) in [5.74, 6) is 0.811. The molecule has 182 valence electrons. The number of pyridine rings is 1. The van der Waals surface area contributed by atoms with Gasteiger partial charge in [-0.05, 0) is 61.9 Å². The third-order valence-electron chi connectivity index (χ3n) is 6.61. The van der Waals surface area contributed by atoms with E-state index in [1.807, 2.05) is 50.2 Å². The van der Waals surface area contributed by atoms with Crippen molar-refractivity contribution in [2.24, 2.45) is 5.41 Å². The predicted octanol–water partition coefficient (Wildman–Crippen LogP) is 7.42. The Bertz CT molecular complexity index is 909. The van der Waals surface area contributed by atoms with Crippen LogP contribution < -0.4 is 10.1 Å². The maximum absolute atomic E-state index is 13.2. The molecule has 0 radical (unpaired) electrons. The van der Waals surface area contributed by atoms with Gasteiger partial charge in [-0.25, -0.2) is 0 Å². The molecule has 1 saturated carbocycles. The molecular weight excluding hydrogens is 408 g/mol. The van der Waals surface area contributed by atoms with Crippen molar-refractivity contribution in [1.82, 2.24) is 10.3 Å². The number of hydrogen-bond acceptors (Lipinski definition) is 3. The number of carbonyl (C=O) groups is 1. The summed E-state index contributed by atoms with van der Waals surface area (Å²) in [4.78, 5) is 17.6. The fourth-order valence-electron chi connectivity index (χ4n) is 4.06. The van der Waals surface area contributed by atoms with Crippen LogP contribution in [0.25, 0.3) is 0 Å². The van der Waals surface area contributed by atoms with E-state index in [2.05, 4.69) is 58.8 Å². The fraction of sp³-hybridized carbons (Fsp3) is 0.586. The zero-order valence-electron chi connectivity index (χ0n) is 22.2. The van der Waals surface area contributed by atoms with Gasteiger partial charge >= 0.3 is 0 Å². The van der Waals surface area contributed by atoms with Crippen molar-refractivity contribution in [3.8, 4) is 5.75 Å². The molecule has 0 saturated heterocycles. The summed E-state index contributed by atoms with van der Waals surface area (Å²) < 4.78 is 6.46. The smallest absolute Gasteiger partial charge is 0.252 e. The van der Waals surface area contributed by atoms with E-state index < -0.39 is 0 Å². The summed E-state index contributed by atoms with van der Waals surface area (Å²) in [7, 11) is 0. The molecule has 4 nitrogen and oxygen atoms in total. The minimum Gasteiger partial charge on any atom is -0.490 e. The molecule has 0 spiro atoms. The first kappa shape index (κ1) is 26.9. The largest absolute Gasteiger partial charge is 0.490 e. The van der Waals surface area contributed by atoms with Crippen LogP contribution in [-0.4, -0.2) is 17.0 Å². The number of amides is 1. The maximum atomic E-state index is 13.2. The Morgan fingerprint density at radius 1 is 1.12 bits per heavy atom. The molecule has 1 aliphatic rings. The van der Waals surface area contributed by atoms with Crippen molar-refractivity contribution < 1.29 is 9.53 Å². The number of benzene rings is 1. The quantitative estimate of drug-likeness (QED) is 0.453. The van der Waals surface area contributed by atoms with Crippen LogP contribution >= 0.6 is 0 Å². The summed E-state index contributed by atoms with van der Waals surface area (Å²) in [5, 5.41) is 3.24. The molecule has 4 heteroatoms. The SMILES string of the molecule is CC.CCCC(C)(C)C(C)Oc1ccc(C(=O)NC2(c3ccccn3)CC2)cc1C(C)(C)C. The van der Waals surface area contributed by atoms with E-state index in [0.29, 0.717) is 5.56 Å². The van der Waals surface area contributed by atoms with Gasteiger partial charge in [0, 0.05) is 22.7 Å². The summed E-state index contributed by atoms with van der Waals surface area (Å²) in [5.41, 5.74) is 2.28. The van der Waals surface area contributed by atoms with Gasteiger partial charge < -0.3 is 10.1 Å². The van der Waals surface area contributed by atoms with Crippen LogP contribution in [0.15, 0.2) is 42.6 Å². The van der Waals surface area contributed by atoms with E-state index in [-0.39, 0.29) is 28.4 Å². The topological polar surface area (TPSA) is 51.2 Å². The Hall–Kier alpha value is -2.36. The Kier molecular flexibility index (Phi) is 8.73. The minimum atomic E-state index is -0.325. The van der Waals surface area contributed by atoms with Gasteiger partial charge in [-0.3, -0.25) is 9.78 Å². The third kappa shape index (κ3) is 6.59. The third-order valence-corrected chi connectivity index (χ3v) is 6.61. The molecule has 0 aliphatic heterocycles. The highest BCUT2D eigenvalue weighted by atomic mass is 16.5. The molecule has 1 aromatic heterocycles. The normalized spacial score (nSPS) is 15.7. The van der Waals surface area contributed by atoms with Crippen LogP contribution in [-0.2, 0) is 11.0 Å². The van der Waals surface area contributed by atoms with Crippen molar-refractivity contribution >= 4 is 5.91 Å². The van der Waals surface area contributed by atoms with E-state index >= 15 is 0 Å². The van der Waals surface area contributed by atoms with E-state index in [1.165, 1.54) is 0 Å². The van der Waals surface area contributed by atoms with Crippen LogP contribution in [0.5, 0.6) is 5.75 Å². The lowest BCUT2D eigenvalue weighted by Gasteiger charge is -2.34. The molecule has 1 aromatic carbocycles. The van der Waals surface area contributed by atoms with E-state index in [0.717, 1.165) is 42.7 Å². The second-order valence-corrected chi connectivity index (χ2v) is 10.7. The van der Waals surface area contributed by atoms with Gasteiger partial charge in [-0.1, -0.05) is 67.9 Å². The van der Waals surface area contributed by atoms with Gasteiger partial charge in [-0.15, -0.1) is 0 Å². The Morgan fingerprint density at radius 3 is 2.30 bits per heavy atom. The molecule has 1 unspecified atom stereocenters. The number of ether oxygens (including phenoxy) is 1. The standard InChI is InChI=1S/C27H38N2O2.C2H6/c1-8-14-26(6,7)19(2)31-22-13-12-20(18-21(22)25(3,4)5)24(30)29-27(15-16-27)23-11-9-10-17-28-23;1-2/h9-13,17-19H,8,14-16H2,1-7H3,(H,29,30);1-2H3. The lowest BCUT2D eigenvalue weighted by atomic mass is 9.82. The number of aromatic nitrogens is 1. The van der Waals surface area contributed by atoms with E-state index in [1.54, 1.807) is 6.20 Å². The number of carbonyl (C=O) groups excluding carboxylic acids is 1. The molecule has 3 rings (SSSR count). The molecule has 1 N–H and O–H groups in total. The van der Waals surface area contributed by atoms with Crippen LogP contribution in [0.2, 0.25) is 0 Å². The maximum Gasteiger partial charge on any atom is 0.252 e. The highest BCUT2D eigenvalue weighted by molar-refractivity contribution is 5.95. The Balaban J connectivity index is 0.00000187. The number of nitrogens with zero attached hydrogens (tertiary/aromatic N) is 1. The fourth-order valence-corrected chi connectivity index (χ4v) is 4.06. The zero-order valence-corrected chi connectivity index (χ0v) is 22.2. The average Bonchev–Trinajstić information content (AvgIpc) is 3.55. The molecule has 0 bridgehead atoms. The van der Waals surface area contributed by atoms with Gasteiger partial charge in [0.2, 0.25) is 0 Å². The van der Waals surface area contributed by atoms with Crippen LogP contribution in [0.1, 0.15) is 110 Å². The molecule has 1 fully saturated rings. The average molecular weight is 453 g/mol. The monoisotopic (exact) mass is 452 g/mol. The van der Waals surface area contributed by atoms with Crippen molar-refractivity contribution in [3.63, 3.8) is 0 Å². The molecule has 2 aromatic rings. The van der Waals surface area contributed by atoms with Crippen LogP contribution in [0.4, 0.5) is 0 Å². The molecule has 1 atom stereocenters. The number of hydrogen-bond donors (Lipinski definition) is 1. The molecule has 33 heavy (non-hydrogen) atoms. The lowest BCUT2D eigenvalue weighted by Crippen LogP contribution is -2.36. The first-order chi connectivity index (χ1) is 15.5. The highest BCUT2D eigenvalue weighted by Gasteiger charge is 2.47. The van der Waals surface area contributed by atoms with Crippen LogP contribution in [0, 0.1) is 5.41 Å². The van der Waals surface area contributed by atoms with Crippen molar-refractivity contribution in [2.45, 2.75) is 105 Å². The van der Waals surface area contributed by atoms with Gasteiger partial charge in [-0.2, -0.15) is 0 Å². The Morgan fingerprint density at radius 2 is 1.79 bits per heavy atom. The zero-order chi connectivity index (χ0) is 24.9. The summed E-state index contributed by atoms with van der Waals surface area (Å²) in [6.45, 7) is 19.4. The van der Waals surface area contributed by atoms with Gasteiger partial charge in [0.1, 0.15) is 11.9 Å². The summed E-state index contributed by atoms with van der Waals surface area (Å²) >= 11 is 0. The van der Waals surface area contributed by atoms with Crippen molar-refractivity contribution in [3.05, 3.63) is 59.4 Å². The second-order valence-electron chi connectivity index (χ2n) is 10.7. The van der Waals surface area contributed by atoms with Gasteiger partial charge in [0.25, 0.3) is 5.91 Å². The first-order valence-electron chi connectivity index (χ1n) is 12.5. The lowest BCUT2D eigenvalue weighted by molar-refractivity contribution is 0.0791. The number of nitrogens with one attached hydrogen (secondary N) is 1.